The second kappa shape index (κ2) is 13.3. The lowest BCUT2D eigenvalue weighted by Crippen LogP contribution is -2.25. The van der Waals surface area contributed by atoms with Crippen molar-refractivity contribution in [3.63, 3.8) is 0 Å². The van der Waals surface area contributed by atoms with Gasteiger partial charge in [0.1, 0.15) is 17.2 Å². The van der Waals surface area contributed by atoms with Gasteiger partial charge in [0.15, 0.2) is 0 Å². The summed E-state index contributed by atoms with van der Waals surface area (Å²) in [5.41, 5.74) is 1.16. The SMILES string of the molecule is O=C1CCCCCNc2nc(ncc2C(=O)NCc2ccc(F)cc2)NCCCCCCN1. The van der Waals surface area contributed by atoms with E-state index in [-0.39, 0.29) is 24.2 Å². The highest BCUT2D eigenvalue weighted by molar-refractivity contribution is 5.98. The fourth-order valence-electron chi connectivity index (χ4n) is 3.56. The van der Waals surface area contributed by atoms with Crippen LogP contribution in [0.3, 0.4) is 0 Å². The molecule has 1 aromatic carbocycles. The van der Waals surface area contributed by atoms with Crippen LogP contribution >= 0.6 is 0 Å². The lowest BCUT2D eigenvalue weighted by atomic mass is 10.1. The third-order valence-electron chi connectivity index (χ3n) is 5.48. The number of rotatable bonds is 3. The van der Waals surface area contributed by atoms with Gasteiger partial charge in [0.25, 0.3) is 5.91 Å². The van der Waals surface area contributed by atoms with Crippen molar-refractivity contribution in [3.8, 4) is 0 Å². The highest BCUT2D eigenvalue weighted by atomic mass is 19.1. The Morgan fingerprint density at radius 1 is 0.909 bits per heavy atom. The summed E-state index contributed by atoms with van der Waals surface area (Å²) < 4.78 is 13.1. The average Bonchev–Trinajstić information content (AvgIpc) is 2.82. The van der Waals surface area contributed by atoms with Crippen LogP contribution in [0.5, 0.6) is 0 Å². The zero-order chi connectivity index (χ0) is 23.3. The van der Waals surface area contributed by atoms with Gasteiger partial charge >= 0.3 is 0 Å². The molecule has 2 amide bonds. The minimum Gasteiger partial charge on any atom is -0.369 e. The van der Waals surface area contributed by atoms with Crippen LogP contribution in [-0.4, -0.2) is 41.4 Å². The van der Waals surface area contributed by atoms with E-state index < -0.39 is 0 Å². The molecule has 0 aliphatic carbocycles. The van der Waals surface area contributed by atoms with E-state index in [0.717, 1.165) is 63.6 Å². The van der Waals surface area contributed by atoms with Gasteiger partial charge in [-0.1, -0.05) is 31.4 Å². The highest BCUT2D eigenvalue weighted by Gasteiger charge is 2.15. The Labute approximate surface area is 194 Å². The van der Waals surface area contributed by atoms with Crippen molar-refractivity contribution in [3.05, 3.63) is 47.4 Å². The third-order valence-corrected chi connectivity index (χ3v) is 5.48. The molecule has 33 heavy (non-hydrogen) atoms. The maximum Gasteiger partial charge on any atom is 0.256 e. The zero-order valence-corrected chi connectivity index (χ0v) is 19.0. The van der Waals surface area contributed by atoms with Crippen LogP contribution < -0.4 is 21.3 Å². The molecule has 0 unspecified atom stereocenters. The number of halogens is 1. The first-order chi connectivity index (χ1) is 16.1. The van der Waals surface area contributed by atoms with Crippen molar-refractivity contribution in [2.24, 2.45) is 0 Å². The van der Waals surface area contributed by atoms with Crippen LogP contribution in [0.2, 0.25) is 0 Å². The molecule has 2 heterocycles. The van der Waals surface area contributed by atoms with Gasteiger partial charge in [0.2, 0.25) is 11.9 Å². The van der Waals surface area contributed by atoms with Crippen molar-refractivity contribution in [2.75, 3.05) is 30.3 Å². The summed E-state index contributed by atoms with van der Waals surface area (Å²) in [5, 5.41) is 12.3. The standard InChI is InChI=1S/C24H33FN6O2/c25-19-11-9-18(10-12-19)16-29-23(33)20-17-30-24-28-15-6-2-1-5-13-26-21(32)8-4-3-7-14-27-22(20)31-24/h9-12,17H,1-8,13-16H2,(H,26,32)(H,29,33)(H2,27,28,30,31). The summed E-state index contributed by atoms with van der Waals surface area (Å²) >= 11 is 0. The van der Waals surface area contributed by atoms with Crippen molar-refractivity contribution >= 4 is 23.6 Å². The monoisotopic (exact) mass is 456 g/mol. The molecule has 0 fully saturated rings. The molecule has 2 aromatic rings. The first kappa shape index (κ1) is 24.4. The van der Waals surface area contributed by atoms with Crippen LogP contribution in [-0.2, 0) is 11.3 Å². The van der Waals surface area contributed by atoms with E-state index >= 15 is 0 Å². The first-order valence-corrected chi connectivity index (χ1v) is 11.8. The predicted molar refractivity (Wildman–Crippen MR) is 127 cm³/mol. The Morgan fingerprint density at radius 3 is 2.33 bits per heavy atom. The minimum atomic E-state index is -0.314. The van der Waals surface area contributed by atoms with Crippen molar-refractivity contribution in [1.29, 1.82) is 0 Å². The molecular formula is C24H33FN6O2. The Morgan fingerprint density at radius 2 is 1.58 bits per heavy atom. The molecule has 1 aliphatic heterocycles. The summed E-state index contributed by atoms with van der Waals surface area (Å²) in [5.74, 6) is 0.466. The van der Waals surface area contributed by atoms with E-state index in [4.69, 9.17) is 0 Å². The van der Waals surface area contributed by atoms with E-state index in [0.29, 0.717) is 30.3 Å². The molecule has 4 N–H and O–H groups in total. The molecule has 1 aliphatic rings. The van der Waals surface area contributed by atoms with Gasteiger partial charge in [-0.3, -0.25) is 9.59 Å². The van der Waals surface area contributed by atoms with E-state index in [1.165, 1.54) is 18.3 Å². The van der Waals surface area contributed by atoms with Gasteiger partial charge < -0.3 is 21.3 Å². The molecule has 1 aromatic heterocycles. The summed E-state index contributed by atoms with van der Waals surface area (Å²) in [7, 11) is 0. The molecule has 0 saturated heterocycles. The molecule has 0 spiro atoms. The summed E-state index contributed by atoms with van der Waals surface area (Å²) in [6.45, 7) is 2.39. The third kappa shape index (κ3) is 8.67. The van der Waals surface area contributed by atoms with Crippen molar-refractivity contribution < 1.29 is 14.0 Å². The molecule has 3 rings (SSSR count). The lowest BCUT2D eigenvalue weighted by Gasteiger charge is -2.14. The van der Waals surface area contributed by atoms with E-state index in [1.807, 2.05) is 0 Å². The topological polar surface area (TPSA) is 108 Å². The smallest absolute Gasteiger partial charge is 0.256 e. The Kier molecular flexibility index (Phi) is 9.87. The van der Waals surface area contributed by atoms with Crippen LogP contribution in [0.1, 0.15) is 67.3 Å². The molecule has 2 bridgehead atoms. The van der Waals surface area contributed by atoms with Gasteiger partial charge in [-0.25, -0.2) is 9.37 Å². The Hall–Kier alpha value is -3.23. The maximum atomic E-state index is 13.1. The van der Waals surface area contributed by atoms with E-state index in [9.17, 15) is 14.0 Å². The van der Waals surface area contributed by atoms with E-state index in [1.54, 1.807) is 12.1 Å². The van der Waals surface area contributed by atoms with Crippen molar-refractivity contribution in [2.45, 2.75) is 57.9 Å². The summed E-state index contributed by atoms with van der Waals surface area (Å²) in [6, 6.07) is 6.00. The number of anilines is 2. The second-order valence-electron chi connectivity index (χ2n) is 8.19. The van der Waals surface area contributed by atoms with Crippen LogP contribution in [0.25, 0.3) is 0 Å². The normalized spacial score (nSPS) is 16.3. The van der Waals surface area contributed by atoms with Gasteiger partial charge in [-0.2, -0.15) is 4.98 Å². The number of benzene rings is 1. The summed E-state index contributed by atoms with van der Waals surface area (Å²) in [4.78, 5) is 33.5. The minimum absolute atomic E-state index is 0.117. The molecule has 0 atom stereocenters. The Bertz CT molecular complexity index is 906. The van der Waals surface area contributed by atoms with Gasteiger partial charge in [-0.05, 0) is 43.4 Å². The number of nitrogens with one attached hydrogen (secondary N) is 4. The second-order valence-corrected chi connectivity index (χ2v) is 8.19. The predicted octanol–water partition coefficient (Wildman–Crippen LogP) is 3.62. The molecule has 9 heteroatoms. The van der Waals surface area contributed by atoms with Gasteiger partial charge in [0, 0.05) is 38.8 Å². The lowest BCUT2D eigenvalue weighted by molar-refractivity contribution is -0.121. The van der Waals surface area contributed by atoms with Gasteiger partial charge in [0.05, 0.1) is 0 Å². The number of hydrogen-bond acceptors (Lipinski definition) is 6. The molecule has 0 saturated carbocycles. The van der Waals surface area contributed by atoms with E-state index in [2.05, 4.69) is 31.2 Å². The highest BCUT2D eigenvalue weighted by Crippen LogP contribution is 2.16. The number of carbonyl (C=O) groups excluding carboxylic acids is 2. The first-order valence-electron chi connectivity index (χ1n) is 11.8. The fourth-order valence-corrected chi connectivity index (χ4v) is 3.56. The fraction of sp³-hybridized carbons (Fsp3) is 0.500. The number of amides is 2. The molecule has 178 valence electrons. The maximum absolute atomic E-state index is 13.1. The number of hydrogen-bond donors (Lipinski definition) is 4. The number of nitrogens with zero attached hydrogens (tertiary/aromatic N) is 2. The quantitative estimate of drug-likeness (QED) is 0.562. The molecular weight excluding hydrogens is 423 g/mol. The Balaban J connectivity index is 1.63. The molecule has 8 nitrogen and oxygen atoms in total. The molecule has 0 radical (unpaired) electrons. The number of aromatic nitrogens is 2. The largest absolute Gasteiger partial charge is 0.369 e. The zero-order valence-electron chi connectivity index (χ0n) is 19.0. The summed E-state index contributed by atoms with van der Waals surface area (Å²) in [6.07, 6.45) is 8.73. The average molecular weight is 457 g/mol. The van der Waals surface area contributed by atoms with Crippen LogP contribution in [0, 0.1) is 5.82 Å². The van der Waals surface area contributed by atoms with Crippen molar-refractivity contribution in [1.82, 2.24) is 20.6 Å². The van der Waals surface area contributed by atoms with Crippen LogP contribution in [0.4, 0.5) is 16.2 Å². The number of fused-ring (bicyclic) bond motifs is 2. The van der Waals surface area contributed by atoms with Crippen LogP contribution in [0.15, 0.2) is 30.5 Å². The number of carbonyl (C=O) groups is 2. The van der Waals surface area contributed by atoms with Gasteiger partial charge in [-0.15, -0.1) is 0 Å².